The Morgan fingerprint density at radius 2 is 1.79 bits per heavy atom. The van der Waals surface area contributed by atoms with Crippen LogP contribution in [-0.4, -0.2) is 37.5 Å². The largest absolute Gasteiger partial charge is 0.382 e. The van der Waals surface area contributed by atoms with Gasteiger partial charge in [0.1, 0.15) is 17.7 Å². The second-order valence-corrected chi connectivity index (χ2v) is 8.83. The van der Waals surface area contributed by atoms with Gasteiger partial charge in [0, 0.05) is 29.7 Å². The molecule has 1 aliphatic rings. The first-order valence-electron chi connectivity index (χ1n) is 11.6. The summed E-state index contributed by atoms with van der Waals surface area (Å²) < 4.78 is 4.03. The van der Waals surface area contributed by atoms with Crippen molar-refractivity contribution in [3.63, 3.8) is 0 Å². The van der Waals surface area contributed by atoms with Crippen LogP contribution in [0, 0.1) is 6.92 Å². The molecule has 33 heavy (non-hydrogen) atoms. The van der Waals surface area contributed by atoms with Crippen LogP contribution in [0.4, 0.5) is 11.6 Å². The lowest BCUT2D eigenvalue weighted by Crippen LogP contribution is -2.30. The molecule has 1 aliphatic heterocycles. The molecule has 7 heteroatoms. The number of fused-ring (bicyclic) bond motifs is 2. The van der Waals surface area contributed by atoms with Crippen LogP contribution >= 0.6 is 0 Å². The van der Waals surface area contributed by atoms with Crippen molar-refractivity contribution < 1.29 is 0 Å². The van der Waals surface area contributed by atoms with Gasteiger partial charge in [-0.1, -0.05) is 42.5 Å². The van der Waals surface area contributed by atoms with Gasteiger partial charge >= 0.3 is 0 Å². The van der Waals surface area contributed by atoms with E-state index in [2.05, 4.69) is 75.1 Å². The summed E-state index contributed by atoms with van der Waals surface area (Å²) in [5.74, 6) is 1.58. The number of rotatable bonds is 4. The number of piperidine rings is 1. The third kappa shape index (κ3) is 3.40. The maximum Gasteiger partial charge on any atom is 0.152 e. The van der Waals surface area contributed by atoms with E-state index in [1.54, 1.807) is 0 Å². The van der Waals surface area contributed by atoms with Crippen molar-refractivity contribution in [2.24, 2.45) is 0 Å². The van der Waals surface area contributed by atoms with E-state index in [0.29, 0.717) is 5.82 Å². The SMILES string of the molecule is Cc1c2ccc(-c3cc(N4CCCCC4)n4ncnc(N)c34)cc2nn1Cc1ccccc1. The quantitative estimate of drug-likeness (QED) is 0.442. The average Bonchev–Trinajstić information content (AvgIpc) is 3.39. The molecule has 0 atom stereocenters. The highest BCUT2D eigenvalue weighted by Gasteiger charge is 2.21. The smallest absolute Gasteiger partial charge is 0.152 e. The first kappa shape index (κ1) is 19.8. The van der Waals surface area contributed by atoms with E-state index in [0.717, 1.165) is 47.6 Å². The molecular weight excluding hydrogens is 410 g/mol. The average molecular weight is 438 g/mol. The first-order valence-corrected chi connectivity index (χ1v) is 11.6. The van der Waals surface area contributed by atoms with Crippen molar-refractivity contribution >= 4 is 28.1 Å². The van der Waals surface area contributed by atoms with Gasteiger partial charge < -0.3 is 10.6 Å². The lowest BCUT2D eigenvalue weighted by atomic mass is 10.0. The summed E-state index contributed by atoms with van der Waals surface area (Å²) in [5.41, 5.74) is 12.7. The fourth-order valence-electron chi connectivity index (χ4n) is 4.96. The summed E-state index contributed by atoms with van der Waals surface area (Å²) >= 11 is 0. The molecule has 166 valence electrons. The van der Waals surface area contributed by atoms with E-state index in [1.807, 2.05) is 10.6 Å². The van der Waals surface area contributed by atoms with Crippen LogP contribution < -0.4 is 10.6 Å². The third-order valence-corrected chi connectivity index (χ3v) is 6.73. The molecule has 0 amide bonds. The topological polar surface area (TPSA) is 77.3 Å². The number of hydrogen-bond acceptors (Lipinski definition) is 5. The molecule has 0 radical (unpaired) electrons. The molecule has 5 aromatic rings. The van der Waals surface area contributed by atoms with Gasteiger partial charge in [0.25, 0.3) is 0 Å². The van der Waals surface area contributed by atoms with Crippen LogP contribution in [0.3, 0.4) is 0 Å². The molecule has 3 aromatic heterocycles. The molecule has 6 rings (SSSR count). The molecular formula is C26H27N7. The highest BCUT2D eigenvalue weighted by Crippen LogP contribution is 2.36. The summed E-state index contributed by atoms with van der Waals surface area (Å²) in [5, 5.41) is 10.7. The van der Waals surface area contributed by atoms with Crippen molar-refractivity contribution in [2.45, 2.75) is 32.7 Å². The molecule has 2 N–H and O–H groups in total. The van der Waals surface area contributed by atoms with E-state index in [1.165, 1.54) is 42.2 Å². The number of benzene rings is 2. The molecule has 0 spiro atoms. The standard InChI is InChI=1S/C26H27N7/c1-18-21-11-10-20(14-23(21)30-32(18)16-19-8-4-2-5-9-19)22-15-24(31-12-6-3-7-13-31)33-25(22)26(27)28-17-29-33/h2,4-5,8-11,14-15,17H,3,6-7,12-13,16H2,1H3,(H2,27,28,29). The molecule has 0 saturated carbocycles. The zero-order valence-electron chi connectivity index (χ0n) is 18.8. The maximum atomic E-state index is 6.35. The highest BCUT2D eigenvalue weighted by atomic mass is 15.3. The summed E-state index contributed by atoms with van der Waals surface area (Å²) in [4.78, 5) is 6.69. The predicted molar refractivity (Wildman–Crippen MR) is 132 cm³/mol. The number of nitrogens with two attached hydrogens (primary N) is 1. The van der Waals surface area contributed by atoms with E-state index in [4.69, 9.17) is 10.8 Å². The van der Waals surface area contributed by atoms with E-state index in [9.17, 15) is 0 Å². The predicted octanol–water partition coefficient (Wildman–Crippen LogP) is 4.68. The van der Waals surface area contributed by atoms with Crippen LogP contribution in [0.5, 0.6) is 0 Å². The summed E-state index contributed by atoms with van der Waals surface area (Å²) in [7, 11) is 0. The van der Waals surface area contributed by atoms with Crippen molar-refractivity contribution in [2.75, 3.05) is 23.7 Å². The number of aryl methyl sites for hydroxylation is 1. The summed E-state index contributed by atoms with van der Waals surface area (Å²) in [6.07, 6.45) is 5.23. The Hall–Kier alpha value is -3.87. The van der Waals surface area contributed by atoms with Crippen LogP contribution in [0.25, 0.3) is 27.5 Å². The maximum absolute atomic E-state index is 6.35. The van der Waals surface area contributed by atoms with E-state index >= 15 is 0 Å². The summed E-state index contributed by atoms with van der Waals surface area (Å²) in [6.45, 7) is 4.97. The Morgan fingerprint density at radius 1 is 0.970 bits per heavy atom. The second-order valence-electron chi connectivity index (χ2n) is 8.83. The zero-order chi connectivity index (χ0) is 22.4. The normalized spacial score (nSPS) is 14.4. The molecule has 1 saturated heterocycles. The first-order chi connectivity index (χ1) is 16.2. The van der Waals surface area contributed by atoms with E-state index < -0.39 is 0 Å². The van der Waals surface area contributed by atoms with Crippen LogP contribution in [-0.2, 0) is 6.54 Å². The molecule has 4 heterocycles. The van der Waals surface area contributed by atoms with Crippen molar-refractivity contribution in [3.05, 3.63) is 72.2 Å². The third-order valence-electron chi connectivity index (χ3n) is 6.73. The van der Waals surface area contributed by atoms with Gasteiger partial charge in [-0.25, -0.2) is 9.50 Å². The molecule has 1 fully saturated rings. The highest BCUT2D eigenvalue weighted by molar-refractivity contribution is 5.94. The number of nitrogen functional groups attached to an aromatic ring is 1. The van der Waals surface area contributed by atoms with Gasteiger partial charge in [-0.05, 0) is 49.4 Å². The van der Waals surface area contributed by atoms with E-state index in [-0.39, 0.29) is 0 Å². The van der Waals surface area contributed by atoms with Crippen LogP contribution in [0.15, 0.2) is 60.9 Å². The van der Waals surface area contributed by atoms with Crippen molar-refractivity contribution in [3.8, 4) is 11.1 Å². The van der Waals surface area contributed by atoms with Gasteiger partial charge in [-0.15, -0.1) is 0 Å². The fourth-order valence-corrected chi connectivity index (χ4v) is 4.96. The second kappa shape index (κ2) is 7.92. The lowest BCUT2D eigenvalue weighted by molar-refractivity contribution is 0.569. The minimum Gasteiger partial charge on any atom is -0.382 e. The zero-order valence-corrected chi connectivity index (χ0v) is 18.8. The lowest BCUT2D eigenvalue weighted by Gasteiger charge is -2.27. The minimum absolute atomic E-state index is 0.495. The molecule has 0 unspecified atom stereocenters. The molecule has 7 nitrogen and oxygen atoms in total. The Morgan fingerprint density at radius 3 is 2.61 bits per heavy atom. The van der Waals surface area contributed by atoms with Gasteiger partial charge in [0.05, 0.1) is 12.1 Å². The molecule has 0 aliphatic carbocycles. The van der Waals surface area contributed by atoms with Gasteiger partial charge in [0.2, 0.25) is 0 Å². The van der Waals surface area contributed by atoms with Crippen molar-refractivity contribution in [1.29, 1.82) is 0 Å². The van der Waals surface area contributed by atoms with Gasteiger partial charge in [0.15, 0.2) is 5.82 Å². The van der Waals surface area contributed by atoms with Gasteiger partial charge in [-0.3, -0.25) is 4.68 Å². The van der Waals surface area contributed by atoms with Gasteiger partial charge in [-0.2, -0.15) is 10.2 Å². The number of aromatic nitrogens is 5. The fraction of sp³-hybridized carbons (Fsp3) is 0.269. The number of anilines is 2. The molecule has 2 aromatic carbocycles. The Labute approximate surface area is 192 Å². The Kier molecular flexibility index (Phi) is 4.75. The molecule has 0 bridgehead atoms. The Bertz CT molecular complexity index is 1440. The van der Waals surface area contributed by atoms with Crippen LogP contribution in [0.2, 0.25) is 0 Å². The monoisotopic (exact) mass is 437 g/mol. The summed E-state index contributed by atoms with van der Waals surface area (Å²) in [6, 6.07) is 19.1. The Balaban J connectivity index is 1.46. The minimum atomic E-state index is 0.495. The number of nitrogens with zero attached hydrogens (tertiary/aromatic N) is 6. The van der Waals surface area contributed by atoms with Crippen molar-refractivity contribution in [1.82, 2.24) is 24.4 Å². The van der Waals surface area contributed by atoms with Crippen LogP contribution in [0.1, 0.15) is 30.5 Å². The number of hydrogen-bond donors (Lipinski definition) is 1.